The summed E-state index contributed by atoms with van der Waals surface area (Å²) in [6.45, 7) is -0.467. The normalized spacial score (nSPS) is 14.7. The number of aromatic nitrogens is 2. The number of rotatable bonds is 2. The highest BCUT2D eigenvalue weighted by molar-refractivity contribution is 5.06. The molecule has 0 amide bonds. The molecule has 3 nitrogen and oxygen atoms in total. The highest BCUT2D eigenvalue weighted by Gasteiger charge is 2.40. The van der Waals surface area contributed by atoms with E-state index in [0.29, 0.717) is 0 Å². The first-order valence-electron chi connectivity index (χ1n) is 3.30. The van der Waals surface area contributed by atoms with E-state index in [1.807, 2.05) is 0 Å². The smallest absolute Gasteiger partial charge is 0.348 e. The van der Waals surface area contributed by atoms with Gasteiger partial charge >= 0.3 is 6.18 Å². The zero-order chi connectivity index (χ0) is 9.19. The van der Waals surface area contributed by atoms with Crippen LogP contribution in [-0.2, 0) is 0 Å². The number of aromatic amines is 1. The second-order valence-electron chi connectivity index (χ2n) is 2.34. The molecule has 68 valence electrons. The van der Waals surface area contributed by atoms with Crippen LogP contribution in [0.15, 0.2) is 12.5 Å². The first-order valence-corrected chi connectivity index (χ1v) is 3.30. The van der Waals surface area contributed by atoms with E-state index in [9.17, 15) is 13.2 Å². The summed E-state index contributed by atoms with van der Waals surface area (Å²) in [7, 11) is 0. The van der Waals surface area contributed by atoms with Crippen molar-refractivity contribution in [1.82, 2.24) is 9.97 Å². The monoisotopic (exact) mass is 179 g/mol. The number of H-pyrrole nitrogens is 1. The lowest BCUT2D eigenvalue weighted by atomic mass is 10.1. The van der Waals surface area contributed by atoms with Crippen molar-refractivity contribution < 1.29 is 13.2 Å². The minimum absolute atomic E-state index is 0.00463. The van der Waals surface area contributed by atoms with Gasteiger partial charge in [0.1, 0.15) is 5.92 Å². The summed E-state index contributed by atoms with van der Waals surface area (Å²) < 4.78 is 36.5. The molecule has 0 aliphatic rings. The molecule has 0 radical (unpaired) electrons. The van der Waals surface area contributed by atoms with Gasteiger partial charge in [0.05, 0.1) is 6.33 Å². The Morgan fingerprint density at radius 2 is 2.25 bits per heavy atom. The Balaban J connectivity index is 2.84. The molecule has 0 bridgehead atoms. The number of nitrogens with two attached hydrogens (primary N) is 1. The molecule has 1 unspecified atom stereocenters. The third-order valence-corrected chi connectivity index (χ3v) is 1.53. The molecule has 0 fully saturated rings. The van der Waals surface area contributed by atoms with Crippen LogP contribution in [0, 0.1) is 0 Å². The van der Waals surface area contributed by atoms with Crippen molar-refractivity contribution >= 4 is 0 Å². The van der Waals surface area contributed by atoms with Crippen LogP contribution < -0.4 is 5.73 Å². The van der Waals surface area contributed by atoms with Crippen LogP contribution in [0.2, 0.25) is 0 Å². The van der Waals surface area contributed by atoms with Crippen LogP contribution in [-0.4, -0.2) is 22.7 Å². The van der Waals surface area contributed by atoms with Crippen molar-refractivity contribution in [2.45, 2.75) is 12.1 Å². The molecule has 0 spiro atoms. The molecule has 0 aliphatic heterocycles. The van der Waals surface area contributed by atoms with Crippen molar-refractivity contribution in [2.75, 3.05) is 6.54 Å². The second-order valence-corrected chi connectivity index (χ2v) is 2.34. The van der Waals surface area contributed by atoms with Crippen molar-refractivity contribution in [1.29, 1.82) is 0 Å². The third-order valence-electron chi connectivity index (χ3n) is 1.53. The summed E-state index contributed by atoms with van der Waals surface area (Å²) in [6.07, 6.45) is -1.98. The fraction of sp³-hybridized carbons (Fsp3) is 0.500. The number of nitrogens with one attached hydrogen (secondary N) is 1. The highest BCUT2D eigenvalue weighted by Crippen LogP contribution is 2.32. The molecule has 0 saturated carbocycles. The van der Waals surface area contributed by atoms with Crippen molar-refractivity contribution in [3.05, 3.63) is 18.2 Å². The molecular formula is C6H8F3N3. The van der Waals surface area contributed by atoms with Crippen LogP contribution in [0.5, 0.6) is 0 Å². The number of alkyl halides is 3. The van der Waals surface area contributed by atoms with Gasteiger partial charge in [-0.15, -0.1) is 0 Å². The van der Waals surface area contributed by atoms with Crippen molar-refractivity contribution in [2.24, 2.45) is 5.73 Å². The number of nitrogens with zero attached hydrogens (tertiary/aromatic N) is 1. The van der Waals surface area contributed by atoms with Crippen LogP contribution in [0.25, 0.3) is 0 Å². The molecule has 1 rings (SSSR count). The van der Waals surface area contributed by atoms with E-state index in [0.717, 1.165) is 6.20 Å². The zero-order valence-corrected chi connectivity index (χ0v) is 6.10. The maximum atomic E-state index is 12.2. The fourth-order valence-corrected chi connectivity index (χ4v) is 0.894. The molecule has 0 saturated heterocycles. The molecule has 0 aliphatic carbocycles. The predicted molar refractivity (Wildman–Crippen MR) is 36.4 cm³/mol. The fourth-order valence-electron chi connectivity index (χ4n) is 0.894. The van der Waals surface area contributed by atoms with Gasteiger partial charge in [0.25, 0.3) is 0 Å². The highest BCUT2D eigenvalue weighted by atomic mass is 19.4. The van der Waals surface area contributed by atoms with Gasteiger partial charge in [-0.25, -0.2) is 4.98 Å². The van der Waals surface area contributed by atoms with E-state index >= 15 is 0 Å². The van der Waals surface area contributed by atoms with E-state index in [2.05, 4.69) is 9.97 Å². The second kappa shape index (κ2) is 3.14. The minimum atomic E-state index is -4.30. The molecule has 1 atom stereocenters. The molecular weight excluding hydrogens is 171 g/mol. The largest absolute Gasteiger partial charge is 0.398 e. The Bertz CT molecular complexity index is 229. The van der Waals surface area contributed by atoms with E-state index in [-0.39, 0.29) is 5.69 Å². The molecule has 0 aromatic carbocycles. The van der Waals surface area contributed by atoms with Gasteiger partial charge in [0.15, 0.2) is 0 Å². The Morgan fingerprint density at radius 1 is 1.58 bits per heavy atom. The molecule has 3 N–H and O–H groups in total. The third kappa shape index (κ3) is 1.76. The summed E-state index contributed by atoms with van der Waals surface area (Å²) >= 11 is 0. The van der Waals surface area contributed by atoms with Crippen LogP contribution in [0.4, 0.5) is 13.2 Å². The van der Waals surface area contributed by atoms with Gasteiger partial charge in [-0.1, -0.05) is 0 Å². The van der Waals surface area contributed by atoms with Crippen molar-refractivity contribution in [3.63, 3.8) is 0 Å². The molecule has 6 heteroatoms. The lowest BCUT2D eigenvalue weighted by molar-refractivity contribution is -0.148. The first kappa shape index (κ1) is 9.05. The number of halogens is 3. The Hall–Kier alpha value is -1.04. The average molecular weight is 179 g/mol. The number of hydrogen-bond donors (Lipinski definition) is 2. The van der Waals surface area contributed by atoms with Gasteiger partial charge in [-0.2, -0.15) is 13.2 Å². The Kier molecular flexibility index (Phi) is 2.37. The molecule has 1 aromatic rings. The van der Waals surface area contributed by atoms with E-state index in [1.54, 1.807) is 0 Å². The van der Waals surface area contributed by atoms with E-state index in [4.69, 9.17) is 5.73 Å². The van der Waals surface area contributed by atoms with Gasteiger partial charge in [0, 0.05) is 18.4 Å². The summed E-state index contributed by atoms with van der Waals surface area (Å²) in [5, 5.41) is 0. The minimum Gasteiger partial charge on any atom is -0.348 e. The quantitative estimate of drug-likeness (QED) is 0.711. The van der Waals surface area contributed by atoms with Gasteiger partial charge in [-0.3, -0.25) is 0 Å². The van der Waals surface area contributed by atoms with E-state index < -0.39 is 18.6 Å². The number of hydrogen-bond acceptors (Lipinski definition) is 2. The van der Waals surface area contributed by atoms with Gasteiger partial charge < -0.3 is 10.7 Å². The van der Waals surface area contributed by atoms with Crippen LogP contribution >= 0.6 is 0 Å². The molecule has 1 heterocycles. The van der Waals surface area contributed by atoms with Crippen molar-refractivity contribution in [3.8, 4) is 0 Å². The van der Waals surface area contributed by atoms with Crippen LogP contribution in [0.1, 0.15) is 11.6 Å². The van der Waals surface area contributed by atoms with Gasteiger partial charge in [0.2, 0.25) is 0 Å². The SMILES string of the molecule is NCC(c1cnc[nH]1)C(F)(F)F. The maximum absolute atomic E-state index is 12.2. The maximum Gasteiger partial charge on any atom is 0.398 e. The average Bonchev–Trinajstić information content (AvgIpc) is 2.38. The Labute approximate surface area is 66.8 Å². The summed E-state index contributed by atoms with van der Waals surface area (Å²) in [4.78, 5) is 5.88. The lowest BCUT2D eigenvalue weighted by Gasteiger charge is -2.16. The summed E-state index contributed by atoms with van der Waals surface area (Å²) in [5.74, 6) is -1.64. The Morgan fingerprint density at radius 3 is 2.58 bits per heavy atom. The van der Waals surface area contributed by atoms with Crippen LogP contribution in [0.3, 0.4) is 0 Å². The lowest BCUT2D eigenvalue weighted by Crippen LogP contribution is -2.28. The summed E-state index contributed by atoms with van der Waals surface area (Å²) in [5.41, 5.74) is 4.99. The predicted octanol–water partition coefficient (Wildman–Crippen LogP) is 1.01. The van der Waals surface area contributed by atoms with E-state index in [1.165, 1.54) is 6.33 Å². The first-order chi connectivity index (χ1) is 5.55. The number of imidazole rings is 1. The zero-order valence-electron chi connectivity index (χ0n) is 6.10. The molecule has 12 heavy (non-hydrogen) atoms. The standard InChI is InChI=1S/C6H8F3N3/c7-6(8,9)4(1-10)5-2-11-3-12-5/h2-4H,1,10H2,(H,11,12). The van der Waals surface area contributed by atoms with Gasteiger partial charge in [-0.05, 0) is 0 Å². The summed E-state index contributed by atoms with van der Waals surface area (Å²) in [6, 6.07) is 0. The molecule has 1 aromatic heterocycles. The topological polar surface area (TPSA) is 54.7 Å².